The molecule has 0 amide bonds. The van der Waals surface area contributed by atoms with Crippen LogP contribution in [0.15, 0.2) is 35.3 Å². The summed E-state index contributed by atoms with van der Waals surface area (Å²) in [6, 6.07) is 10.1. The van der Waals surface area contributed by atoms with Crippen LogP contribution >= 0.6 is 11.8 Å². The van der Waals surface area contributed by atoms with E-state index in [1.807, 2.05) is 24.5 Å². The number of benzene rings is 1. The van der Waals surface area contributed by atoms with Gasteiger partial charge in [0.1, 0.15) is 0 Å². The van der Waals surface area contributed by atoms with Crippen LogP contribution in [0.4, 0.5) is 0 Å². The van der Waals surface area contributed by atoms with Crippen molar-refractivity contribution in [3.05, 3.63) is 35.9 Å². The van der Waals surface area contributed by atoms with Gasteiger partial charge < -0.3 is 4.74 Å². The molecule has 0 heterocycles. The highest BCUT2D eigenvalue weighted by atomic mass is 32.2. The Labute approximate surface area is 83.0 Å². The largest absolute Gasteiger partial charge is 0.476 e. The molecule has 13 heavy (non-hydrogen) atoms. The van der Waals surface area contributed by atoms with E-state index in [2.05, 4.69) is 17.1 Å². The summed E-state index contributed by atoms with van der Waals surface area (Å²) in [7, 11) is 1.64. The van der Waals surface area contributed by atoms with Crippen molar-refractivity contribution in [2.75, 3.05) is 13.4 Å². The molecule has 0 aromatic heterocycles. The molecule has 1 rings (SSSR count). The van der Waals surface area contributed by atoms with Crippen LogP contribution in [0.3, 0.4) is 0 Å². The van der Waals surface area contributed by atoms with Gasteiger partial charge in [-0.15, -0.1) is 0 Å². The first kappa shape index (κ1) is 10.1. The van der Waals surface area contributed by atoms with E-state index in [-0.39, 0.29) is 0 Å². The minimum Gasteiger partial charge on any atom is -0.476 e. The molecule has 3 heteroatoms. The van der Waals surface area contributed by atoms with Crippen molar-refractivity contribution in [2.45, 2.75) is 6.54 Å². The van der Waals surface area contributed by atoms with Gasteiger partial charge in [-0.1, -0.05) is 42.1 Å². The number of thioether (sulfide) groups is 1. The minimum atomic E-state index is 0.685. The van der Waals surface area contributed by atoms with Crippen molar-refractivity contribution in [3.8, 4) is 0 Å². The van der Waals surface area contributed by atoms with Gasteiger partial charge in [0.2, 0.25) is 5.23 Å². The summed E-state index contributed by atoms with van der Waals surface area (Å²) in [6.07, 6.45) is 1.95. The van der Waals surface area contributed by atoms with E-state index in [0.29, 0.717) is 6.54 Å². The fraction of sp³-hybridized carbons (Fsp3) is 0.300. The minimum absolute atomic E-state index is 0.685. The Morgan fingerprint density at radius 2 is 2.08 bits per heavy atom. The molecule has 1 aromatic carbocycles. The number of hydrogen-bond acceptors (Lipinski definition) is 3. The number of nitrogens with zero attached hydrogens (tertiary/aromatic N) is 1. The normalized spacial score (nSPS) is 11.4. The predicted molar refractivity (Wildman–Crippen MR) is 58.1 cm³/mol. The Bertz CT molecular complexity index is 266. The van der Waals surface area contributed by atoms with E-state index in [9.17, 15) is 0 Å². The zero-order valence-electron chi connectivity index (χ0n) is 7.86. The fourth-order valence-corrected chi connectivity index (χ4v) is 1.31. The maximum Gasteiger partial charge on any atom is 0.245 e. The molecule has 70 valence electrons. The average molecular weight is 195 g/mol. The Morgan fingerprint density at radius 1 is 1.38 bits per heavy atom. The lowest BCUT2D eigenvalue weighted by atomic mass is 10.2. The Hall–Kier alpha value is -0.960. The van der Waals surface area contributed by atoms with Gasteiger partial charge in [0.05, 0.1) is 13.7 Å². The van der Waals surface area contributed by atoms with Gasteiger partial charge in [-0.05, 0) is 11.8 Å². The van der Waals surface area contributed by atoms with Crippen molar-refractivity contribution in [1.29, 1.82) is 0 Å². The van der Waals surface area contributed by atoms with Gasteiger partial charge in [-0.3, -0.25) is 0 Å². The maximum absolute atomic E-state index is 5.03. The van der Waals surface area contributed by atoms with Crippen molar-refractivity contribution in [2.24, 2.45) is 4.99 Å². The summed E-state index contributed by atoms with van der Waals surface area (Å²) >= 11 is 1.52. The monoisotopic (exact) mass is 195 g/mol. The van der Waals surface area contributed by atoms with Crippen molar-refractivity contribution < 1.29 is 4.74 Å². The highest BCUT2D eigenvalue weighted by molar-refractivity contribution is 8.12. The lowest BCUT2D eigenvalue weighted by Gasteiger charge is -2.00. The van der Waals surface area contributed by atoms with Crippen LogP contribution < -0.4 is 0 Å². The molecule has 0 saturated heterocycles. The molecule has 0 radical (unpaired) electrons. The van der Waals surface area contributed by atoms with Gasteiger partial charge in [0.15, 0.2) is 0 Å². The predicted octanol–water partition coefficient (Wildman–Crippen LogP) is 2.55. The van der Waals surface area contributed by atoms with Gasteiger partial charge in [0.25, 0.3) is 0 Å². The molecule has 0 aliphatic carbocycles. The zero-order chi connectivity index (χ0) is 9.52. The van der Waals surface area contributed by atoms with Crippen molar-refractivity contribution in [1.82, 2.24) is 0 Å². The lowest BCUT2D eigenvalue weighted by molar-refractivity contribution is 0.414. The molecule has 0 unspecified atom stereocenters. The number of methoxy groups -OCH3 is 1. The van der Waals surface area contributed by atoms with E-state index in [1.54, 1.807) is 7.11 Å². The maximum atomic E-state index is 5.03. The molecule has 0 N–H and O–H groups in total. The number of aliphatic imine (C=N–C) groups is 1. The molecular formula is C10H13NOS. The number of hydrogen-bond donors (Lipinski definition) is 0. The highest BCUT2D eigenvalue weighted by Gasteiger charge is 1.93. The van der Waals surface area contributed by atoms with Crippen LogP contribution in [0.1, 0.15) is 5.56 Å². The topological polar surface area (TPSA) is 21.6 Å². The van der Waals surface area contributed by atoms with E-state index < -0.39 is 0 Å². The molecule has 0 spiro atoms. The molecule has 0 bridgehead atoms. The third-order valence-corrected chi connectivity index (χ3v) is 2.23. The Balaban J connectivity index is 2.55. The van der Waals surface area contributed by atoms with Crippen LogP contribution in [0, 0.1) is 0 Å². The Morgan fingerprint density at radius 3 is 2.62 bits per heavy atom. The van der Waals surface area contributed by atoms with Crippen molar-refractivity contribution in [3.63, 3.8) is 0 Å². The first-order valence-electron chi connectivity index (χ1n) is 4.03. The van der Waals surface area contributed by atoms with Crippen molar-refractivity contribution >= 4 is 17.0 Å². The van der Waals surface area contributed by atoms with Gasteiger partial charge >= 0.3 is 0 Å². The third-order valence-electron chi connectivity index (χ3n) is 1.58. The summed E-state index contributed by atoms with van der Waals surface area (Å²) in [4.78, 5) is 4.29. The second-order valence-corrected chi connectivity index (χ2v) is 3.23. The van der Waals surface area contributed by atoms with E-state index in [4.69, 9.17) is 4.74 Å². The molecule has 2 nitrogen and oxygen atoms in total. The molecule has 0 aliphatic heterocycles. The summed E-state index contributed by atoms with van der Waals surface area (Å²) in [5, 5.41) is 0.726. The lowest BCUT2D eigenvalue weighted by Crippen LogP contribution is -1.95. The van der Waals surface area contributed by atoms with Crippen LogP contribution in [-0.2, 0) is 11.3 Å². The zero-order valence-corrected chi connectivity index (χ0v) is 8.67. The highest BCUT2D eigenvalue weighted by Crippen LogP contribution is 2.04. The van der Waals surface area contributed by atoms with Crippen LogP contribution in [0.5, 0.6) is 0 Å². The third kappa shape index (κ3) is 3.51. The second kappa shape index (κ2) is 5.65. The molecule has 1 aromatic rings. The summed E-state index contributed by atoms with van der Waals surface area (Å²) in [5.74, 6) is 0. The summed E-state index contributed by atoms with van der Waals surface area (Å²) in [5.41, 5.74) is 1.20. The molecule has 0 aliphatic rings. The molecule has 0 fully saturated rings. The van der Waals surface area contributed by atoms with Crippen LogP contribution in [0.25, 0.3) is 0 Å². The SMILES string of the molecule is COC(=NCc1ccccc1)SC. The van der Waals surface area contributed by atoms with E-state index >= 15 is 0 Å². The molecular weight excluding hydrogens is 182 g/mol. The van der Waals surface area contributed by atoms with Gasteiger partial charge in [-0.2, -0.15) is 0 Å². The smallest absolute Gasteiger partial charge is 0.245 e. The first-order chi connectivity index (χ1) is 6.36. The quantitative estimate of drug-likeness (QED) is 0.534. The molecule has 0 atom stereocenters. The van der Waals surface area contributed by atoms with E-state index in [1.165, 1.54) is 17.3 Å². The van der Waals surface area contributed by atoms with Gasteiger partial charge in [0, 0.05) is 0 Å². The Kier molecular flexibility index (Phi) is 4.40. The average Bonchev–Trinajstić information content (AvgIpc) is 2.21. The fourth-order valence-electron chi connectivity index (χ4n) is 0.952. The van der Waals surface area contributed by atoms with Crippen LogP contribution in [0.2, 0.25) is 0 Å². The van der Waals surface area contributed by atoms with E-state index in [0.717, 1.165) is 5.23 Å². The first-order valence-corrected chi connectivity index (χ1v) is 5.25. The number of ether oxygens (including phenoxy) is 1. The standard InChI is InChI=1S/C10H13NOS/c1-12-10(13-2)11-8-9-6-4-3-5-7-9/h3-7H,8H2,1-2H3. The second-order valence-electron chi connectivity index (χ2n) is 2.48. The summed E-state index contributed by atoms with van der Waals surface area (Å²) in [6.45, 7) is 0.685. The van der Waals surface area contributed by atoms with Crippen LogP contribution in [-0.4, -0.2) is 18.6 Å². The summed E-state index contributed by atoms with van der Waals surface area (Å²) < 4.78 is 5.03. The van der Waals surface area contributed by atoms with Gasteiger partial charge in [-0.25, -0.2) is 4.99 Å². The number of rotatable bonds is 2. The molecule has 0 saturated carbocycles.